The number of likely N-dealkylation sites (tertiary alicyclic amines) is 1. The number of piperidine rings is 1. The lowest BCUT2D eigenvalue weighted by atomic mass is 9.96. The van der Waals surface area contributed by atoms with E-state index in [1.807, 2.05) is 30.3 Å². The highest BCUT2D eigenvalue weighted by atomic mass is 35.5. The molecule has 1 atom stereocenters. The molecule has 0 saturated carbocycles. The number of amides is 2. The fourth-order valence-corrected chi connectivity index (χ4v) is 3.96. The molecule has 7 nitrogen and oxygen atoms in total. The SMILES string of the molecule is O=C(Nc1ccccc1)C1CCCN(C(=O)CCn2c(=O)oc3cc(Cl)ccc32)C1. The van der Waals surface area contributed by atoms with E-state index in [0.29, 0.717) is 29.2 Å². The van der Waals surface area contributed by atoms with E-state index in [1.165, 1.54) is 4.57 Å². The molecule has 1 aliphatic rings. The minimum absolute atomic E-state index is 0.0763. The monoisotopic (exact) mass is 427 g/mol. The molecule has 1 saturated heterocycles. The van der Waals surface area contributed by atoms with Crippen LogP contribution >= 0.6 is 11.6 Å². The van der Waals surface area contributed by atoms with Crippen LogP contribution < -0.4 is 11.1 Å². The molecule has 156 valence electrons. The van der Waals surface area contributed by atoms with Crippen molar-refractivity contribution >= 4 is 40.2 Å². The third-order valence-corrected chi connectivity index (χ3v) is 5.60. The number of oxazole rings is 1. The summed E-state index contributed by atoms with van der Waals surface area (Å²) in [5, 5.41) is 3.39. The van der Waals surface area contributed by atoms with E-state index >= 15 is 0 Å². The van der Waals surface area contributed by atoms with Crippen LogP contribution in [-0.2, 0) is 16.1 Å². The Morgan fingerprint density at radius 1 is 1.17 bits per heavy atom. The highest BCUT2D eigenvalue weighted by molar-refractivity contribution is 6.31. The molecule has 1 aliphatic heterocycles. The van der Waals surface area contributed by atoms with Crippen LogP contribution in [0, 0.1) is 5.92 Å². The Morgan fingerprint density at radius 2 is 1.97 bits per heavy atom. The Labute approximate surface area is 178 Å². The lowest BCUT2D eigenvalue weighted by molar-refractivity contribution is -0.134. The number of carbonyl (C=O) groups excluding carboxylic acids is 2. The first kappa shape index (κ1) is 20.2. The maximum absolute atomic E-state index is 12.7. The Kier molecular flexibility index (Phi) is 5.90. The lowest BCUT2D eigenvalue weighted by Crippen LogP contribution is -2.44. The molecule has 30 heavy (non-hydrogen) atoms. The third-order valence-electron chi connectivity index (χ3n) is 5.37. The van der Waals surface area contributed by atoms with Crippen molar-refractivity contribution in [2.24, 2.45) is 5.92 Å². The Balaban J connectivity index is 1.37. The van der Waals surface area contributed by atoms with E-state index in [1.54, 1.807) is 23.1 Å². The topological polar surface area (TPSA) is 84.5 Å². The van der Waals surface area contributed by atoms with E-state index in [9.17, 15) is 14.4 Å². The first-order valence-electron chi connectivity index (χ1n) is 9.94. The lowest BCUT2D eigenvalue weighted by Gasteiger charge is -2.32. The van der Waals surface area contributed by atoms with Gasteiger partial charge in [0.2, 0.25) is 11.8 Å². The number of hydrogen-bond donors (Lipinski definition) is 1. The molecule has 2 heterocycles. The van der Waals surface area contributed by atoms with Gasteiger partial charge in [-0.05, 0) is 37.1 Å². The van der Waals surface area contributed by atoms with Gasteiger partial charge in [0.05, 0.1) is 11.4 Å². The van der Waals surface area contributed by atoms with Crippen molar-refractivity contribution < 1.29 is 14.0 Å². The number of nitrogens with one attached hydrogen (secondary N) is 1. The molecule has 0 radical (unpaired) electrons. The predicted molar refractivity (Wildman–Crippen MR) is 114 cm³/mol. The van der Waals surface area contributed by atoms with Gasteiger partial charge >= 0.3 is 5.76 Å². The van der Waals surface area contributed by atoms with Crippen LogP contribution in [0.2, 0.25) is 5.02 Å². The summed E-state index contributed by atoms with van der Waals surface area (Å²) in [5.41, 5.74) is 1.75. The second-order valence-corrected chi connectivity index (χ2v) is 7.85. The number of para-hydroxylation sites is 1. The molecule has 0 spiro atoms. The number of aryl methyl sites for hydroxylation is 1. The molecule has 2 aromatic carbocycles. The molecule has 1 fully saturated rings. The van der Waals surface area contributed by atoms with Gasteiger partial charge in [0, 0.05) is 42.8 Å². The van der Waals surface area contributed by atoms with Crippen LogP contribution in [0.5, 0.6) is 0 Å². The van der Waals surface area contributed by atoms with Gasteiger partial charge < -0.3 is 14.6 Å². The van der Waals surface area contributed by atoms with Crippen LogP contribution in [0.15, 0.2) is 57.7 Å². The molecule has 0 aliphatic carbocycles. The zero-order valence-electron chi connectivity index (χ0n) is 16.3. The number of benzene rings is 2. The number of carbonyl (C=O) groups is 2. The van der Waals surface area contributed by atoms with Crippen molar-refractivity contribution in [3.05, 3.63) is 64.1 Å². The van der Waals surface area contributed by atoms with Gasteiger partial charge in [-0.1, -0.05) is 29.8 Å². The fraction of sp³-hybridized carbons (Fsp3) is 0.318. The molecule has 8 heteroatoms. The van der Waals surface area contributed by atoms with Crippen molar-refractivity contribution in [2.75, 3.05) is 18.4 Å². The molecular formula is C22H22ClN3O4. The minimum Gasteiger partial charge on any atom is -0.408 e. The van der Waals surface area contributed by atoms with Crippen molar-refractivity contribution in [2.45, 2.75) is 25.8 Å². The Bertz CT molecular complexity index is 1120. The largest absolute Gasteiger partial charge is 0.419 e. The molecule has 0 bridgehead atoms. The Hall–Kier alpha value is -3.06. The van der Waals surface area contributed by atoms with E-state index in [4.69, 9.17) is 16.0 Å². The fourth-order valence-electron chi connectivity index (χ4n) is 3.80. The number of aromatic nitrogens is 1. The van der Waals surface area contributed by atoms with Crippen molar-refractivity contribution in [1.82, 2.24) is 9.47 Å². The summed E-state index contributed by atoms with van der Waals surface area (Å²) >= 11 is 5.93. The maximum atomic E-state index is 12.7. The van der Waals surface area contributed by atoms with Gasteiger partial charge in [0.15, 0.2) is 5.58 Å². The van der Waals surface area contributed by atoms with Crippen molar-refractivity contribution in [1.29, 1.82) is 0 Å². The quantitative estimate of drug-likeness (QED) is 0.675. The van der Waals surface area contributed by atoms with E-state index in [-0.39, 0.29) is 30.7 Å². The average Bonchev–Trinajstić information content (AvgIpc) is 3.06. The molecular weight excluding hydrogens is 406 g/mol. The van der Waals surface area contributed by atoms with Crippen molar-refractivity contribution in [3.8, 4) is 0 Å². The van der Waals surface area contributed by atoms with Crippen LogP contribution in [0.1, 0.15) is 19.3 Å². The van der Waals surface area contributed by atoms with Crippen LogP contribution in [0.25, 0.3) is 11.1 Å². The molecule has 1 aromatic heterocycles. The van der Waals surface area contributed by atoms with E-state index in [0.717, 1.165) is 18.5 Å². The standard InChI is InChI=1S/C22H22ClN3O4/c23-16-8-9-18-19(13-16)30-22(29)26(18)12-10-20(27)25-11-4-5-15(14-25)21(28)24-17-6-2-1-3-7-17/h1-3,6-9,13,15H,4-5,10-12,14H2,(H,24,28). The maximum Gasteiger partial charge on any atom is 0.419 e. The highest BCUT2D eigenvalue weighted by Gasteiger charge is 2.28. The van der Waals surface area contributed by atoms with Gasteiger partial charge in [-0.3, -0.25) is 14.2 Å². The summed E-state index contributed by atoms with van der Waals surface area (Å²) in [6.07, 6.45) is 1.67. The molecule has 3 aromatic rings. The number of anilines is 1. The van der Waals surface area contributed by atoms with Crippen LogP contribution in [-0.4, -0.2) is 34.4 Å². The second kappa shape index (κ2) is 8.75. The minimum atomic E-state index is -0.515. The summed E-state index contributed by atoms with van der Waals surface area (Å²) in [7, 11) is 0. The number of halogens is 1. The van der Waals surface area contributed by atoms with Gasteiger partial charge in [-0.2, -0.15) is 0 Å². The first-order chi connectivity index (χ1) is 14.5. The van der Waals surface area contributed by atoms with Crippen LogP contribution in [0.3, 0.4) is 0 Å². The Morgan fingerprint density at radius 3 is 2.77 bits per heavy atom. The average molecular weight is 428 g/mol. The molecule has 1 N–H and O–H groups in total. The number of hydrogen-bond acceptors (Lipinski definition) is 4. The van der Waals surface area contributed by atoms with Gasteiger partial charge in [-0.25, -0.2) is 4.79 Å². The van der Waals surface area contributed by atoms with Gasteiger partial charge in [0.25, 0.3) is 0 Å². The number of fused-ring (bicyclic) bond motifs is 1. The smallest absolute Gasteiger partial charge is 0.408 e. The zero-order valence-corrected chi connectivity index (χ0v) is 17.1. The molecule has 2 amide bonds. The first-order valence-corrected chi connectivity index (χ1v) is 10.3. The van der Waals surface area contributed by atoms with Gasteiger partial charge in [-0.15, -0.1) is 0 Å². The summed E-state index contributed by atoms with van der Waals surface area (Å²) < 4.78 is 6.65. The summed E-state index contributed by atoms with van der Waals surface area (Å²) in [6, 6.07) is 14.3. The zero-order chi connectivity index (χ0) is 21.1. The summed E-state index contributed by atoms with van der Waals surface area (Å²) in [4.78, 5) is 39.2. The van der Waals surface area contributed by atoms with Crippen LogP contribution in [0.4, 0.5) is 5.69 Å². The predicted octanol–water partition coefficient (Wildman–Crippen LogP) is 3.52. The summed E-state index contributed by atoms with van der Waals surface area (Å²) in [6.45, 7) is 1.21. The molecule has 4 rings (SSSR count). The summed E-state index contributed by atoms with van der Waals surface area (Å²) in [5.74, 6) is -0.920. The second-order valence-electron chi connectivity index (χ2n) is 7.42. The van der Waals surface area contributed by atoms with Crippen molar-refractivity contribution in [3.63, 3.8) is 0 Å². The van der Waals surface area contributed by atoms with E-state index in [2.05, 4.69) is 5.32 Å². The number of nitrogens with zero attached hydrogens (tertiary/aromatic N) is 2. The normalized spacial score (nSPS) is 16.6. The highest BCUT2D eigenvalue weighted by Crippen LogP contribution is 2.21. The van der Waals surface area contributed by atoms with E-state index < -0.39 is 5.76 Å². The number of rotatable bonds is 5. The third kappa shape index (κ3) is 4.41. The molecule has 1 unspecified atom stereocenters. The van der Waals surface area contributed by atoms with Gasteiger partial charge in [0.1, 0.15) is 0 Å².